The maximum atomic E-state index is 12.5. The highest BCUT2D eigenvalue weighted by atomic mass is 16.5. The number of ketones is 1. The largest absolute Gasteiger partial charge is 0.507 e. The van der Waals surface area contributed by atoms with E-state index in [1.165, 1.54) is 12.4 Å². The number of phenols is 1. The van der Waals surface area contributed by atoms with E-state index >= 15 is 0 Å². The van der Waals surface area contributed by atoms with Crippen LogP contribution in [0.4, 0.5) is 0 Å². The van der Waals surface area contributed by atoms with Crippen LogP contribution < -0.4 is 9.47 Å². The molecule has 0 aliphatic carbocycles. The van der Waals surface area contributed by atoms with E-state index in [1.807, 2.05) is 45.0 Å². The second-order valence-corrected chi connectivity index (χ2v) is 8.69. The lowest BCUT2D eigenvalue weighted by molar-refractivity contribution is -0.120. The zero-order valence-electron chi connectivity index (χ0n) is 18.6. The van der Waals surface area contributed by atoms with E-state index in [9.17, 15) is 14.7 Å². The fraction of sp³-hybridized carbons (Fsp3) is 0.280. The molecule has 2 aromatic carbocycles. The minimum absolute atomic E-state index is 0.0431. The Hall–Kier alpha value is -3.74. The molecule has 0 radical (unpaired) electrons. The molecular formula is C25H26N2O5. The second-order valence-electron chi connectivity index (χ2n) is 8.69. The number of hydrogen-bond acceptors (Lipinski definition) is 7. The lowest BCUT2D eigenvalue weighted by atomic mass is 9.87. The molecule has 0 spiro atoms. The number of aromatic hydroxyl groups is 1. The summed E-state index contributed by atoms with van der Waals surface area (Å²) in [5.41, 5.74) is 3.03. The molecule has 1 N–H and O–H groups in total. The molecule has 0 aliphatic rings. The van der Waals surface area contributed by atoms with Crippen LogP contribution in [0.15, 0.2) is 48.8 Å². The Balaban J connectivity index is 1.73. The van der Waals surface area contributed by atoms with Gasteiger partial charge in [0.2, 0.25) is 5.88 Å². The van der Waals surface area contributed by atoms with Crippen molar-refractivity contribution in [3.8, 4) is 28.6 Å². The molecule has 166 valence electrons. The summed E-state index contributed by atoms with van der Waals surface area (Å²) in [7, 11) is 0. The predicted molar refractivity (Wildman–Crippen MR) is 120 cm³/mol. The number of Topliss-reactive ketones (excluding diaryl/α,β-unsaturated/α-hetero) is 1. The summed E-state index contributed by atoms with van der Waals surface area (Å²) < 4.78 is 10.6. The van der Waals surface area contributed by atoms with Crippen LogP contribution in [0, 0.1) is 12.3 Å². The van der Waals surface area contributed by atoms with E-state index in [0.717, 1.165) is 11.1 Å². The van der Waals surface area contributed by atoms with Crippen LogP contribution in [0.1, 0.15) is 48.7 Å². The Bertz CT molecular complexity index is 1120. The molecular weight excluding hydrogens is 408 g/mol. The summed E-state index contributed by atoms with van der Waals surface area (Å²) in [5, 5.41) is 10.5. The van der Waals surface area contributed by atoms with Crippen molar-refractivity contribution in [2.75, 3.05) is 0 Å². The molecule has 3 aromatic rings. The molecule has 0 atom stereocenters. The van der Waals surface area contributed by atoms with Crippen molar-refractivity contribution in [1.29, 1.82) is 0 Å². The molecule has 0 saturated carbocycles. The highest BCUT2D eigenvalue weighted by molar-refractivity contribution is 5.99. The Kier molecular flexibility index (Phi) is 6.88. The molecule has 0 aliphatic heterocycles. The fourth-order valence-electron chi connectivity index (χ4n) is 3.20. The number of carbonyl (C=O) groups is 2. The van der Waals surface area contributed by atoms with Crippen molar-refractivity contribution >= 4 is 12.3 Å². The van der Waals surface area contributed by atoms with Crippen LogP contribution in [0.2, 0.25) is 0 Å². The quantitative estimate of drug-likeness (QED) is 0.398. The highest BCUT2D eigenvalue weighted by Crippen LogP contribution is 2.33. The van der Waals surface area contributed by atoms with Gasteiger partial charge in [0.15, 0.2) is 5.78 Å². The first kappa shape index (κ1) is 22.9. The summed E-state index contributed by atoms with van der Waals surface area (Å²) in [6.07, 6.45) is 3.24. The van der Waals surface area contributed by atoms with Gasteiger partial charge in [-0.25, -0.2) is 9.97 Å². The summed E-state index contributed by atoms with van der Waals surface area (Å²) in [6, 6.07) is 10.9. The molecule has 32 heavy (non-hydrogen) atoms. The van der Waals surface area contributed by atoms with Crippen molar-refractivity contribution in [2.24, 2.45) is 5.41 Å². The Labute approximate surface area is 187 Å². The van der Waals surface area contributed by atoms with Gasteiger partial charge in [-0.1, -0.05) is 39.0 Å². The maximum absolute atomic E-state index is 12.5. The maximum Gasteiger partial charge on any atom is 0.299 e. The van der Waals surface area contributed by atoms with Gasteiger partial charge in [0, 0.05) is 17.5 Å². The van der Waals surface area contributed by atoms with Gasteiger partial charge in [0.05, 0.1) is 23.7 Å². The van der Waals surface area contributed by atoms with Crippen LogP contribution in [0.5, 0.6) is 17.4 Å². The topological polar surface area (TPSA) is 98.6 Å². The average Bonchev–Trinajstić information content (AvgIpc) is 2.74. The third-order valence-electron chi connectivity index (χ3n) is 4.79. The van der Waals surface area contributed by atoms with Gasteiger partial charge in [0.25, 0.3) is 6.47 Å². The van der Waals surface area contributed by atoms with Crippen LogP contribution in [-0.2, 0) is 11.4 Å². The van der Waals surface area contributed by atoms with Gasteiger partial charge in [-0.05, 0) is 36.1 Å². The molecule has 0 unspecified atom stereocenters. The number of carbonyl (C=O) groups excluding carboxylic acids is 2. The van der Waals surface area contributed by atoms with E-state index in [4.69, 9.17) is 4.74 Å². The second kappa shape index (κ2) is 9.60. The van der Waals surface area contributed by atoms with Crippen molar-refractivity contribution in [2.45, 2.75) is 40.7 Å². The SMILES string of the molecule is Cc1c(OCc2cccc(-c3cnc(OC=O)cn3)c2)ccc(C(=O)CC(C)(C)C)c1O. The number of hydrogen-bond donors (Lipinski definition) is 1. The number of phenolic OH excluding ortho intramolecular Hbond substituents is 1. The van der Waals surface area contributed by atoms with Gasteiger partial charge < -0.3 is 14.6 Å². The number of nitrogens with zero attached hydrogens (tertiary/aromatic N) is 2. The molecule has 3 rings (SSSR count). The monoisotopic (exact) mass is 434 g/mol. The van der Waals surface area contributed by atoms with E-state index in [0.29, 0.717) is 35.5 Å². The molecule has 0 amide bonds. The van der Waals surface area contributed by atoms with Crippen LogP contribution in [0.25, 0.3) is 11.3 Å². The van der Waals surface area contributed by atoms with Gasteiger partial charge in [-0.15, -0.1) is 0 Å². The number of ether oxygens (including phenoxy) is 2. The summed E-state index contributed by atoms with van der Waals surface area (Å²) in [6.45, 7) is 8.25. The molecule has 0 fully saturated rings. The normalized spacial score (nSPS) is 11.1. The third kappa shape index (κ3) is 5.69. The average molecular weight is 434 g/mol. The van der Waals surface area contributed by atoms with Crippen molar-refractivity contribution < 1.29 is 24.2 Å². The molecule has 1 heterocycles. The zero-order chi connectivity index (χ0) is 23.3. The van der Waals surface area contributed by atoms with Crippen LogP contribution in [0.3, 0.4) is 0 Å². The first-order valence-electron chi connectivity index (χ1n) is 10.2. The predicted octanol–water partition coefficient (Wildman–Crippen LogP) is 4.89. The minimum atomic E-state index is -0.163. The molecule has 7 heteroatoms. The van der Waals surface area contributed by atoms with Crippen molar-refractivity contribution in [3.63, 3.8) is 0 Å². The first-order valence-corrected chi connectivity index (χ1v) is 10.2. The van der Waals surface area contributed by atoms with Gasteiger partial charge in [-0.3, -0.25) is 9.59 Å². The lowest BCUT2D eigenvalue weighted by Gasteiger charge is -2.18. The number of aromatic nitrogens is 2. The summed E-state index contributed by atoms with van der Waals surface area (Å²) >= 11 is 0. The Morgan fingerprint density at radius 2 is 1.91 bits per heavy atom. The molecule has 0 bridgehead atoms. The number of benzene rings is 2. The lowest BCUT2D eigenvalue weighted by Crippen LogP contribution is -2.13. The summed E-state index contributed by atoms with van der Waals surface area (Å²) in [4.78, 5) is 31.2. The summed E-state index contributed by atoms with van der Waals surface area (Å²) in [5.74, 6) is 0.500. The minimum Gasteiger partial charge on any atom is -0.507 e. The van der Waals surface area contributed by atoms with Crippen LogP contribution in [-0.4, -0.2) is 27.3 Å². The zero-order valence-corrected chi connectivity index (χ0v) is 18.6. The Morgan fingerprint density at radius 1 is 1.12 bits per heavy atom. The van der Waals surface area contributed by atoms with Gasteiger partial charge in [-0.2, -0.15) is 0 Å². The third-order valence-corrected chi connectivity index (χ3v) is 4.79. The highest BCUT2D eigenvalue weighted by Gasteiger charge is 2.21. The van der Waals surface area contributed by atoms with E-state index in [-0.39, 0.29) is 29.4 Å². The molecule has 7 nitrogen and oxygen atoms in total. The molecule has 1 aromatic heterocycles. The van der Waals surface area contributed by atoms with E-state index < -0.39 is 0 Å². The van der Waals surface area contributed by atoms with Crippen molar-refractivity contribution in [1.82, 2.24) is 9.97 Å². The van der Waals surface area contributed by atoms with Crippen molar-refractivity contribution in [3.05, 3.63) is 65.5 Å². The first-order chi connectivity index (χ1) is 15.2. The number of rotatable bonds is 8. The Morgan fingerprint density at radius 3 is 2.56 bits per heavy atom. The van der Waals surface area contributed by atoms with Crippen LogP contribution >= 0.6 is 0 Å². The fourth-order valence-corrected chi connectivity index (χ4v) is 3.20. The van der Waals surface area contributed by atoms with Gasteiger partial charge in [0.1, 0.15) is 18.1 Å². The molecule has 0 saturated heterocycles. The smallest absolute Gasteiger partial charge is 0.299 e. The van der Waals surface area contributed by atoms with E-state index in [1.54, 1.807) is 19.1 Å². The van der Waals surface area contributed by atoms with E-state index in [2.05, 4.69) is 14.7 Å². The van der Waals surface area contributed by atoms with Gasteiger partial charge >= 0.3 is 0 Å². The standard InChI is InChI=1S/C25H26N2O5/c1-16-22(9-8-19(24(16)30)21(29)11-25(2,3)4)31-14-17-6-5-7-18(10-17)20-12-27-23(13-26-20)32-15-28/h5-10,12-13,15,30H,11,14H2,1-4H3.